The number of nitrogens with one attached hydrogen (secondary N) is 1. The summed E-state index contributed by atoms with van der Waals surface area (Å²) in [5.74, 6) is -0.647. The number of nitrogens with zero attached hydrogens (tertiary/aromatic N) is 1. The number of benzene rings is 2. The van der Waals surface area contributed by atoms with Gasteiger partial charge in [0.2, 0.25) is 5.78 Å². The van der Waals surface area contributed by atoms with Gasteiger partial charge in [0, 0.05) is 22.5 Å². The number of pyridine rings is 1. The van der Waals surface area contributed by atoms with Crippen LogP contribution in [0.15, 0.2) is 72.9 Å². The predicted octanol–water partition coefficient (Wildman–Crippen LogP) is 4.97. The summed E-state index contributed by atoms with van der Waals surface area (Å²) < 4.78 is 1.66. The van der Waals surface area contributed by atoms with Gasteiger partial charge in [0.1, 0.15) is 5.69 Å². The monoisotopic (exact) mass is 403 g/mol. The van der Waals surface area contributed by atoms with Gasteiger partial charge in [-0.15, -0.1) is 0 Å². The fraction of sp³-hybridized carbons (Fsp3) is 0.0435. The molecular weight excluding hydrogens is 386 g/mol. The van der Waals surface area contributed by atoms with Crippen LogP contribution in [0.25, 0.3) is 5.52 Å². The number of hydrogen-bond donors (Lipinski definition) is 2. The van der Waals surface area contributed by atoms with E-state index in [9.17, 15) is 9.59 Å². The lowest BCUT2D eigenvalue weighted by Gasteiger charge is -2.09. The van der Waals surface area contributed by atoms with Crippen LogP contribution in [0.5, 0.6) is 0 Å². The summed E-state index contributed by atoms with van der Waals surface area (Å²) in [5, 5.41) is 3.38. The van der Waals surface area contributed by atoms with Crippen molar-refractivity contribution >= 4 is 40.2 Å². The van der Waals surface area contributed by atoms with E-state index in [0.29, 0.717) is 21.8 Å². The summed E-state index contributed by atoms with van der Waals surface area (Å²) >= 11 is 6.06. The van der Waals surface area contributed by atoms with Crippen LogP contribution in [0, 0.1) is 6.92 Å². The number of carbonyl (C=O) groups is 2. The average molecular weight is 404 g/mol. The molecule has 0 fully saturated rings. The van der Waals surface area contributed by atoms with Gasteiger partial charge in [0.05, 0.1) is 16.8 Å². The third-order valence-electron chi connectivity index (χ3n) is 4.81. The van der Waals surface area contributed by atoms with Gasteiger partial charge in [-0.05, 0) is 36.8 Å². The van der Waals surface area contributed by atoms with Crippen LogP contribution in [0.1, 0.15) is 32.0 Å². The van der Waals surface area contributed by atoms with Crippen molar-refractivity contribution in [1.29, 1.82) is 0 Å². The molecular formula is C23H18ClN3O2. The van der Waals surface area contributed by atoms with Crippen molar-refractivity contribution in [3.05, 3.63) is 100 Å². The molecule has 29 heavy (non-hydrogen) atoms. The highest BCUT2D eigenvalue weighted by Gasteiger charge is 2.26. The summed E-state index contributed by atoms with van der Waals surface area (Å²) in [4.78, 5) is 26.3. The third kappa shape index (κ3) is 3.37. The predicted molar refractivity (Wildman–Crippen MR) is 116 cm³/mol. The molecule has 0 aliphatic heterocycles. The number of halogens is 1. The molecule has 0 radical (unpaired) electrons. The molecule has 3 N–H and O–H groups in total. The Bertz CT molecular complexity index is 1250. The number of nitrogens with two attached hydrogens (primary N) is 1. The third-order valence-corrected chi connectivity index (χ3v) is 5.04. The van der Waals surface area contributed by atoms with Crippen molar-refractivity contribution in [1.82, 2.24) is 4.40 Å². The highest BCUT2D eigenvalue weighted by atomic mass is 35.5. The molecule has 0 aliphatic carbocycles. The van der Waals surface area contributed by atoms with Crippen molar-refractivity contribution in [2.45, 2.75) is 6.92 Å². The van der Waals surface area contributed by atoms with Crippen molar-refractivity contribution in [2.75, 3.05) is 11.1 Å². The van der Waals surface area contributed by atoms with E-state index < -0.39 is 5.91 Å². The molecule has 0 atom stereocenters. The van der Waals surface area contributed by atoms with E-state index in [2.05, 4.69) is 5.32 Å². The summed E-state index contributed by atoms with van der Waals surface area (Å²) in [6.45, 7) is 1.87. The number of carbonyl (C=O) groups excluding carboxylic acids is 2. The van der Waals surface area contributed by atoms with Crippen LogP contribution in [-0.2, 0) is 0 Å². The highest BCUT2D eigenvalue weighted by molar-refractivity contribution is 6.31. The van der Waals surface area contributed by atoms with Gasteiger partial charge in [-0.3, -0.25) is 9.59 Å². The normalized spacial score (nSPS) is 10.8. The first-order valence-corrected chi connectivity index (χ1v) is 9.41. The molecule has 144 valence electrons. The van der Waals surface area contributed by atoms with Crippen molar-refractivity contribution in [3.8, 4) is 0 Å². The van der Waals surface area contributed by atoms with E-state index in [4.69, 9.17) is 17.3 Å². The van der Waals surface area contributed by atoms with Crippen LogP contribution >= 0.6 is 11.6 Å². The van der Waals surface area contributed by atoms with E-state index in [-0.39, 0.29) is 22.7 Å². The van der Waals surface area contributed by atoms with E-state index in [0.717, 1.165) is 5.56 Å². The van der Waals surface area contributed by atoms with E-state index in [1.807, 2.05) is 19.1 Å². The highest BCUT2D eigenvalue weighted by Crippen LogP contribution is 2.30. The van der Waals surface area contributed by atoms with Gasteiger partial charge < -0.3 is 15.5 Å². The molecule has 5 nitrogen and oxygen atoms in total. The van der Waals surface area contributed by atoms with Crippen LogP contribution < -0.4 is 11.1 Å². The van der Waals surface area contributed by atoms with Crippen molar-refractivity contribution in [2.24, 2.45) is 0 Å². The zero-order valence-electron chi connectivity index (χ0n) is 15.6. The number of nitrogen functional groups attached to an aromatic ring is 1. The molecule has 4 rings (SSSR count). The second kappa shape index (κ2) is 7.45. The molecule has 1 amide bonds. The summed E-state index contributed by atoms with van der Waals surface area (Å²) in [6, 6.07) is 19.5. The number of amides is 1. The maximum atomic E-state index is 13.1. The number of aryl methyl sites for hydroxylation is 1. The number of rotatable bonds is 4. The topological polar surface area (TPSA) is 76.6 Å². The Kier molecular flexibility index (Phi) is 4.82. The largest absolute Gasteiger partial charge is 0.396 e. The molecule has 0 aliphatic rings. The summed E-state index contributed by atoms with van der Waals surface area (Å²) in [7, 11) is 0. The van der Waals surface area contributed by atoms with Gasteiger partial charge in [0.15, 0.2) is 0 Å². The second-order valence-electron chi connectivity index (χ2n) is 6.70. The number of ketones is 1. The molecule has 0 saturated carbocycles. The zero-order chi connectivity index (χ0) is 20.5. The minimum absolute atomic E-state index is 0.141. The minimum Gasteiger partial charge on any atom is -0.396 e. The van der Waals surface area contributed by atoms with Gasteiger partial charge in [-0.25, -0.2) is 0 Å². The van der Waals surface area contributed by atoms with Gasteiger partial charge >= 0.3 is 0 Å². The SMILES string of the molecule is Cc1ccc(Cl)cc1NC(=O)c1c(N)c(C(=O)c2ccccc2)n2ccccc12. The number of fused-ring (bicyclic) bond motifs is 1. The molecule has 0 bridgehead atoms. The van der Waals surface area contributed by atoms with Crippen LogP contribution in [0.4, 0.5) is 11.4 Å². The Morgan fingerprint density at radius 1 is 1.00 bits per heavy atom. The van der Waals surface area contributed by atoms with Crippen molar-refractivity contribution < 1.29 is 9.59 Å². The van der Waals surface area contributed by atoms with Crippen molar-refractivity contribution in [3.63, 3.8) is 0 Å². The number of anilines is 2. The van der Waals surface area contributed by atoms with E-state index >= 15 is 0 Å². The molecule has 0 unspecified atom stereocenters. The first-order chi connectivity index (χ1) is 14.0. The Morgan fingerprint density at radius 3 is 2.48 bits per heavy atom. The standard InChI is InChI=1S/C23H18ClN3O2/c1-14-10-11-16(24)13-17(14)26-23(29)19-18-9-5-6-12-27(18)21(20(19)25)22(28)15-7-3-2-4-8-15/h2-13H,25H2,1H3,(H,26,29). The minimum atomic E-state index is -0.399. The van der Waals surface area contributed by atoms with E-state index in [1.165, 1.54) is 0 Å². The molecule has 2 heterocycles. The Morgan fingerprint density at radius 2 is 1.72 bits per heavy atom. The average Bonchev–Trinajstić information content (AvgIpc) is 3.02. The van der Waals surface area contributed by atoms with Gasteiger partial charge in [-0.2, -0.15) is 0 Å². The van der Waals surface area contributed by atoms with Crippen LogP contribution in [0.3, 0.4) is 0 Å². The van der Waals surface area contributed by atoms with E-state index in [1.54, 1.807) is 65.2 Å². The van der Waals surface area contributed by atoms with Gasteiger partial charge in [0.25, 0.3) is 5.91 Å². The number of hydrogen-bond acceptors (Lipinski definition) is 3. The molecule has 0 saturated heterocycles. The number of aromatic nitrogens is 1. The Hall–Kier alpha value is -3.57. The summed E-state index contributed by atoms with van der Waals surface area (Å²) in [6.07, 6.45) is 1.73. The smallest absolute Gasteiger partial charge is 0.259 e. The second-order valence-corrected chi connectivity index (χ2v) is 7.14. The molecule has 2 aromatic carbocycles. The maximum absolute atomic E-state index is 13.1. The first-order valence-electron chi connectivity index (χ1n) is 9.03. The van der Waals surface area contributed by atoms with Crippen LogP contribution in [-0.4, -0.2) is 16.1 Å². The molecule has 0 spiro atoms. The first kappa shape index (κ1) is 18.8. The lowest BCUT2D eigenvalue weighted by atomic mass is 10.1. The summed E-state index contributed by atoms with van der Waals surface area (Å²) in [5.41, 5.74) is 9.52. The lowest BCUT2D eigenvalue weighted by Crippen LogP contribution is -2.14. The van der Waals surface area contributed by atoms with Crippen LogP contribution in [0.2, 0.25) is 5.02 Å². The maximum Gasteiger partial charge on any atom is 0.259 e. The van der Waals surface area contributed by atoms with Gasteiger partial charge in [-0.1, -0.05) is 54.1 Å². The molecule has 6 heteroatoms. The molecule has 4 aromatic rings. The Labute approximate surface area is 172 Å². The fourth-order valence-corrected chi connectivity index (χ4v) is 3.51. The Balaban J connectivity index is 1.83. The lowest BCUT2D eigenvalue weighted by molar-refractivity contribution is 0.102. The quantitative estimate of drug-likeness (QED) is 0.472. The fourth-order valence-electron chi connectivity index (χ4n) is 3.34. The zero-order valence-corrected chi connectivity index (χ0v) is 16.4. The molecule has 2 aromatic heterocycles.